The van der Waals surface area contributed by atoms with Crippen molar-refractivity contribution < 1.29 is 9.53 Å². The van der Waals surface area contributed by atoms with Crippen molar-refractivity contribution in [1.29, 1.82) is 0 Å². The Balaban J connectivity index is 2.70. The lowest BCUT2D eigenvalue weighted by molar-refractivity contribution is -0.147. The van der Waals surface area contributed by atoms with Crippen LogP contribution in [0.2, 0.25) is 0 Å². The Bertz CT molecular complexity index is 138. The normalized spacial score (nSPS) is 32.3. The minimum Gasteiger partial charge on any atom is -0.462 e. The summed E-state index contributed by atoms with van der Waals surface area (Å²) in [6.07, 6.45) is 0.971. The van der Waals surface area contributed by atoms with Crippen molar-refractivity contribution in [3.8, 4) is 0 Å². The van der Waals surface area contributed by atoms with E-state index in [9.17, 15) is 4.79 Å². The summed E-state index contributed by atoms with van der Waals surface area (Å²) in [5.41, 5.74) is -0.237. The molecule has 0 aromatic rings. The molecule has 0 saturated carbocycles. The molecule has 2 nitrogen and oxygen atoms in total. The van der Waals surface area contributed by atoms with E-state index < -0.39 is 0 Å². The average Bonchev–Trinajstić information content (AvgIpc) is 1.79. The third kappa shape index (κ3) is 1.07. The molecular formula is C7H12O2. The monoisotopic (exact) mass is 128 g/mol. The molecule has 0 aromatic carbocycles. The van der Waals surface area contributed by atoms with Crippen LogP contribution in [0.5, 0.6) is 0 Å². The molecule has 0 aliphatic carbocycles. The van der Waals surface area contributed by atoms with Crippen LogP contribution in [0.25, 0.3) is 0 Å². The number of esters is 1. The van der Waals surface area contributed by atoms with Gasteiger partial charge in [0.2, 0.25) is 0 Å². The Morgan fingerprint density at radius 2 is 2.22 bits per heavy atom. The fourth-order valence-corrected chi connectivity index (χ4v) is 1.19. The quantitative estimate of drug-likeness (QED) is 0.460. The lowest BCUT2D eigenvalue weighted by Crippen LogP contribution is -2.16. The molecule has 0 aromatic heterocycles. The van der Waals surface area contributed by atoms with Gasteiger partial charge in [0, 0.05) is 0 Å². The first-order valence-electron chi connectivity index (χ1n) is 3.23. The molecule has 0 bridgehead atoms. The van der Waals surface area contributed by atoms with Gasteiger partial charge in [-0.15, -0.1) is 0 Å². The second-order valence-corrected chi connectivity index (χ2v) is 3.30. The SMILES string of the molecule is C[C@H]1CC(C)(C)C(=O)O1. The van der Waals surface area contributed by atoms with Gasteiger partial charge >= 0.3 is 5.97 Å². The van der Waals surface area contributed by atoms with Gasteiger partial charge in [0.1, 0.15) is 6.10 Å². The van der Waals surface area contributed by atoms with Gasteiger partial charge in [0.25, 0.3) is 0 Å². The third-order valence-electron chi connectivity index (χ3n) is 1.66. The van der Waals surface area contributed by atoms with E-state index in [-0.39, 0.29) is 17.5 Å². The van der Waals surface area contributed by atoms with Crippen molar-refractivity contribution in [1.82, 2.24) is 0 Å². The molecule has 1 aliphatic heterocycles. The number of hydrogen-bond donors (Lipinski definition) is 0. The summed E-state index contributed by atoms with van der Waals surface area (Å²) in [5, 5.41) is 0. The van der Waals surface area contributed by atoms with Gasteiger partial charge in [0.05, 0.1) is 5.41 Å². The zero-order valence-electron chi connectivity index (χ0n) is 6.10. The molecule has 1 aliphatic rings. The fourth-order valence-electron chi connectivity index (χ4n) is 1.19. The van der Waals surface area contributed by atoms with Crippen LogP contribution in [0.15, 0.2) is 0 Å². The zero-order chi connectivity index (χ0) is 7.07. The zero-order valence-corrected chi connectivity index (χ0v) is 6.10. The number of carbonyl (C=O) groups excluding carboxylic acids is 1. The molecule has 0 unspecified atom stereocenters. The predicted octanol–water partition coefficient (Wildman–Crippen LogP) is 1.35. The molecule has 0 radical (unpaired) electrons. The van der Waals surface area contributed by atoms with E-state index in [1.165, 1.54) is 0 Å². The van der Waals surface area contributed by atoms with Gasteiger partial charge in [-0.1, -0.05) is 0 Å². The Morgan fingerprint density at radius 1 is 1.67 bits per heavy atom. The van der Waals surface area contributed by atoms with E-state index in [0.29, 0.717) is 0 Å². The minimum atomic E-state index is -0.237. The molecule has 0 amide bonds. The largest absolute Gasteiger partial charge is 0.462 e. The van der Waals surface area contributed by atoms with Crippen molar-refractivity contribution in [3.63, 3.8) is 0 Å². The first-order chi connectivity index (χ1) is 4.02. The van der Waals surface area contributed by atoms with Crippen LogP contribution in [0.1, 0.15) is 27.2 Å². The van der Waals surface area contributed by atoms with Crippen molar-refractivity contribution in [3.05, 3.63) is 0 Å². The highest BCUT2D eigenvalue weighted by atomic mass is 16.6. The molecule has 1 fully saturated rings. The standard InChI is InChI=1S/C7H12O2/c1-5-4-7(2,3)6(8)9-5/h5H,4H2,1-3H3/t5-/m0/s1. The van der Waals surface area contributed by atoms with Crippen LogP contribution in [0.3, 0.4) is 0 Å². The lowest BCUT2D eigenvalue weighted by atomic mass is 9.90. The summed E-state index contributed by atoms with van der Waals surface area (Å²) < 4.78 is 4.94. The Morgan fingerprint density at radius 3 is 2.33 bits per heavy atom. The van der Waals surface area contributed by atoms with Gasteiger partial charge in [0.15, 0.2) is 0 Å². The Hall–Kier alpha value is -0.530. The van der Waals surface area contributed by atoms with E-state index >= 15 is 0 Å². The van der Waals surface area contributed by atoms with Crippen molar-refractivity contribution in [2.75, 3.05) is 0 Å². The van der Waals surface area contributed by atoms with E-state index in [2.05, 4.69) is 0 Å². The Labute approximate surface area is 55.2 Å². The molecule has 1 atom stereocenters. The summed E-state index contributed by atoms with van der Waals surface area (Å²) in [7, 11) is 0. The van der Waals surface area contributed by atoms with E-state index in [1.807, 2.05) is 20.8 Å². The molecule has 9 heavy (non-hydrogen) atoms. The van der Waals surface area contributed by atoms with Gasteiger partial charge in [-0.3, -0.25) is 4.79 Å². The highest BCUT2D eigenvalue weighted by molar-refractivity contribution is 5.77. The highest BCUT2D eigenvalue weighted by Gasteiger charge is 2.39. The maximum absolute atomic E-state index is 10.9. The van der Waals surface area contributed by atoms with E-state index in [1.54, 1.807) is 0 Å². The van der Waals surface area contributed by atoms with E-state index in [4.69, 9.17) is 4.74 Å². The van der Waals surface area contributed by atoms with Crippen molar-refractivity contribution in [2.24, 2.45) is 5.41 Å². The first-order valence-corrected chi connectivity index (χ1v) is 3.23. The highest BCUT2D eigenvalue weighted by Crippen LogP contribution is 2.32. The second-order valence-electron chi connectivity index (χ2n) is 3.30. The number of ether oxygens (including phenoxy) is 1. The fraction of sp³-hybridized carbons (Fsp3) is 0.857. The topological polar surface area (TPSA) is 26.3 Å². The Kier molecular flexibility index (Phi) is 1.26. The minimum absolute atomic E-state index is 0.0602. The lowest BCUT2D eigenvalue weighted by Gasteiger charge is -2.08. The van der Waals surface area contributed by atoms with Crippen molar-refractivity contribution >= 4 is 5.97 Å². The molecule has 52 valence electrons. The van der Waals surface area contributed by atoms with Crippen LogP contribution in [0, 0.1) is 5.41 Å². The third-order valence-corrected chi connectivity index (χ3v) is 1.66. The van der Waals surface area contributed by atoms with Crippen molar-refractivity contribution in [2.45, 2.75) is 33.3 Å². The summed E-state index contributed by atoms with van der Waals surface area (Å²) in [5.74, 6) is -0.0602. The van der Waals surface area contributed by atoms with Gasteiger partial charge < -0.3 is 4.74 Å². The van der Waals surface area contributed by atoms with Crippen LogP contribution < -0.4 is 0 Å². The summed E-state index contributed by atoms with van der Waals surface area (Å²) in [4.78, 5) is 10.9. The average molecular weight is 128 g/mol. The van der Waals surface area contributed by atoms with Gasteiger partial charge in [-0.25, -0.2) is 0 Å². The number of hydrogen-bond acceptors (Lipinski definition) is 2. The van der Waals surface area contributed by atoms with E-state index in [0.717, 1.165) is 6.42 Å². The smallest absolute Gasteiger partial charge is 0.311 e. The molecule has 1 rings (SSSR count). The molecule has 0 N–H and O–H groups in total. The van der Waals surface area contributed by atoms with Crippen LogP contribution >= 0.6 is 0 Å². The first kappa shape index (κ1) is 6.59. The molecule has 2 heteroatoms. The van der Waals surface area contributed by atoms with Crippen LogP contribution in [-0.2, 0) is 9.53 Å². The summed E-state index contributed by atoms with van der Waals surface area (Å²) >= 11 is 0. The molecule has 1 saturated heterocycles. The maximum atomic E-state index is 10.9. The van der Waals surface area contributed by atoms with Gasteiger partial charge in [-0.2, -0.15) is 0 Å². The van der Waals surface area contributed by atoms with Crippen LogP contribution in [0.4, 0.5) is 0 Å². The summed E-state index contributed by atoms with van der Waals surface area (Å²) in [6.45, 7) is 5.75. The molecular weight excluding hydrogens is 116 g/mol. The van der Waals surface area contributed by atoms with Crippen LogP contribution in [-0.4, -0.2) is 12.1 Å². The number of carbonyl (C=O) groups is 1. The summed E-state index contributed by atoms with van der Waals surface area (Å²) in [6, 6.07) is 0. The second kappa shape index (κ2) is 1.72. The number of rotatable bonds is 0. The molecule has 1 heterocycles. The molecule has 0 spiro atoms. The van der Waals surface area contributed by atoms with Gasteiger partial charge in [-0.05, 0) is 27.2 Å². The maximum Gasteiger partial charge on any atom is 0.311 e. The number of cyclic esters (lactones) is 1. The predicted molar refractivity (Wildman–Crippen MR) is 34.0 cm³/mol.